The molecule has 3 aromatic heterocycles. The first-order valence-corrected chi connectivity index (χ1v) is 14.2. The van der Waals surface area contributed by atoms with Crippen molar-refractivity contribution in [1.29, 1.82) is 0 Å². The molecular weight excluding hydrogens is 522 g/mol. The lowest BCUT2D eigenvalue weighted by Gasteiger charge is -2.29. The molecular formula is C29H37N9O3. The van der Waals surface area contributed by atoms with E-state index in [2.05, 4.69) is 49.7 Å². The van der Waals surface area contributed by atoms with Gasteiger partial charge in [0.2, 0.25) is 5.95 Å². The number of likely N-dealkylation sites (tertiary alicyclic amines) is 1. The third kappa shape index (κ3) is 6.59. The van der Waals surface area contributed by atoms with Gasteiger partial charge in [-0.2, -0.15) is 15.2 Å². The lowest BCUT2D eigenvalue weighted by Crippen LogP contribution is -2.36. The van der Waals surface area contributed by atoms with Crippen LogP contribution in [0.3, 0.4) is 0 Å². The number of benzene rings is 1. The zero-order valence-corrected chi connectivity index (χ0v) is 23.9. The second kappa shape index (κ2) is 11.4. The van der Waals surface area contributed by atoms with Crippen LogP contribution in [0.25, 0.3) is 11.0 Å². The number of morpholine rings is 1. The fraction of sp³-hybridized carbons (Fsp3) is 0.483. The van der Waals surface area contributed by atoms with Crippen LogP contribution in [0.1, 0.15) is 32.8 Å². The number of carbonyl (C=O) groups is 1. The van der Waals surface area contributed by atoms with E-state index in [1.807, 2.05) is 36.3 Å². The standard InChI is InChI=1S/C29H37N9O3/c1-29(2,3)41-28(39)36-8-7-22(17-36)18-37-20-24(16-31-37)33-27-30-14-23-15-32-38(26(23)34-27)19-21-5-4-6-25(13-21)35-9-11-40-12-10-35/h4-6,13-16,20,22H,7-12,17-19H2,1-3H3,(H,30,33,34). The predicted molar refractivity (Wildman–Crippen MR) is 155 cm³/mol. The average Bonchev–Trinajstić information content (AvgIpc) is 3.70. The molecule has 5 heterocycles. The first kappa shape index (κ1) is 27.0. The number of hydrogen-bond donors (Lipinski definition) is 1. The molecule has 0 aliphatic carbocycles. The molecule has 0 bridgehead atoms. The lowest BCUT2D eigenvalue weighted by molar-refractivity contribution is 0.0286. The van der Waals surface area contributed by atoms with Gasteiger partial charge in [0.1, 0.15) is 5.60 Å². The van der Waals surface area contributed by atoms with Gasteiger partial charge >= 0.3 is 6.09 Å². The number of anilines is 3. The number of hydrogen-bond acceptors (Lipinski definition) is 9. The minimum absolute atomic E-state index is 0.251. The molecule has 12 heteroatoms. The van der Waals surface area contributed by atoms with Gasteiger partial charge in [0.25, 0.3) is 0 Å². The number of fused-ring (bicyclic) bond motifs is 1. The molecule has 216 valence electrons. The summed E-state index contributed by atoms with van der Waals surface area (Å²) in [5.74, 6) is 0.803. The summed E-state index contributed by atoms with van der Waals surface area (Å²) in [4.78, 5) is 25.8. The molecule has 2 fully saturated rings. The maximum absolute atomic E-state index is 12.4. The van der Waals surface area contributed by atoms with Gasteiger partial charge in [-0.3, -0.25) is 4.68 Å². The third-order valence-electron chi connectivity index (χ3n) is 7.27. The highest BCUT2D eigenvalue weighted by Gasteiger charge is 2.30. The zero-order valence-electron chi connectivity index (χ0n) is 23.9. The molecule has 2 aliphatic rings. The van der Waals surface area contributed by atoms with Gasteiger partial charge in [-0.15, -0.1) is 0 Å². The van der Waals surface area contributed by atoms with E-state index in [1.54, 1.807) is 23.5 Å². The maximum Gasteiger partial charge on any atom is 0.410 e. The van der Waals surface area contributed by atoms with Crippen LogP contribution in [-0.2, 0) is 22.6 Å². The topological polar surface area (TPSA) is 115 Å². The molecule has 1 amide bonds. The van der Waals surface area contributed by atoms with Crippen molar-refractivity contribution in [2.24, 2.45) is 5.92 Å². The van der Waals surface area contributed by atoms with Crippen molar-refractivity contribution in [2.75, 3.05) is 49.6 Å². The van der Waals surface area contributed by atoms with Gasteiger partial charge in [-0.1, -0.05) is 12.1 Å². The van der Waals surface area contributed by atoms with E-state index >= 15 is 0 Å². The molecule has 0 spiro atoms. The Balaban J connectivity index is 1.09. The monoisotopic (exact) mass is 559 g/mol. The first-order valence-electron chi connectivity index (χ1n) is 14.2. The van der Waals surface area contributed by atoms with Gasteiger partial charge < -0.3 is 24.6 Å². The van der Waals surface area contributed by atoms with E-state index in [0.717, 1.165) is 61.6 Å². The van der Waals surface area contributed by atoms with Crippen molar-refractivity contribution in [2.45, 2.75) is 45.9 Å². The van der Waals surface area contributed by atoms with Crippen molar-refractivity contribution in [1.82, 2.24) is 34.4 Å². The number of rotatable bonds is 7. The van der Waals surface area contributed by atoms with Crippen molar-refractivity contribution in [3.05, 3.63) is 54.6 Å². The minimum atomic E-state index is -0.491. The lowest BCUT2D eigenvalue weighted by atomic mass is 10.1. The molecule has 1 unspecified atom stereocenters. The molecule has 0 radical (unpaired) electrons. The summed E-state index contributed by atoms with van der Waals surface area (Å²) in [6.07, 6.45) is 7.96. The largest absolute Gasteiger partial charge is 0.444 e. The molecule has 4 aromatic rings. The Morgan fingerprint density at radius 3 is 2.80 bits per heavy atom. The molecule has 1 aromatic carbocycles. The molecule has 41 heavy (non-hydrogen) atoms. The Morgan fingerprint density at radius 1 is 1.12 bits per heavy atom. The van der Waals surface area contributed by atoms with Crippen molar-refractivity contribution < 1.29 is 14.3 Å². The highest BCUT2D eigenvalue weighted by Crippen LogP contribution is 2.23. The molecule has 1 N–H and O–H groups in total. The summed E-state index contributed by atoms with van der Waals surface area (Å²) in [6.45, 7) is 11.7. The highest BCUT2D eigenvalue weighted by atomic mass is 16.6. The van der Waals surface area contributed by atoms with Gasteiger partial charge in [-0.05, 0) is 50.8 Å². The van der Waals surface area contributed by atoms with Crippen molar-refractivity contribution >= 4 is 34.4 Å². The summed E-state index contributed by atoms with van der Waals surface area (Å²) in [6, 6.07) is 8.56. The Labute approximate surface area is 239 Å². The number of ether oxygens (including phenoxy) is 2. The quantitative estimate of drug-likeness (QED) is 0.360. The summed E-state index contributed by atoms with van der Waals surface area (Å²) < 4.78 is 14.8. The Bertz CT molecular complexity index is 1500. The van der Waals surface area contributed by atoms with Crippen LogP contribution in [0.4, 0.5) is 22.1 Å². The fourth-order valence-electron chi connectivity index (χ4n) is 5.28. The van der Waals surface area contributed by atoms with E-state index in [4.69, 9.17) is 14.5 Å². The van der Waals surface area contributed by atoms with Crippen LogP contribution in [0.15, 0.2) is 49.1 Å². The molecule has 6 rings (SSSR count). The second-order valence-corrected chi connectivity index (χ2v) is 11.7. The first-order chi connectivity index (χ1) is 19.8. The summed E-state index contributed by atoms with van der Waals surface area (Å²) >= 11 is 0. The zero-order chi connectivity index (χ0) is 28.4. The van der Waals surface area contributed by atoms with Crippen LogP contribution >= 0.6 is 0 Å². The number of carbonyl (C=O) groups excluding carboxylic acids is 1. The fourth-order valence-corrected chi connectivity index (χ4v) is 5.28. The summed E-state index contributed by atoms with van der Waals surface area (Å²) in [5, 5.41) is 13.3. The molecule has 0 saturated carbocycles. The minimum Gasteiger partial charge on any atom is -0.444 e. The highest BCUT2D eigenvalue weighted by molar-refractivity contribution is 5.75. The van der Waals surface area contributed by atoms with E-state index in [-0.39, 0.29) is 6.09 Å². The summed E-state index contributed by atoms with van der Waals surface area (Å²) in [5.41, 5.74) is 3.43. The molecule has 2 saturated heterocycles. The second-order valence-electron chi connectivity index (χ2n) is 11.7. The van der Waals surface area contributed by atoms with E-state index in [1.165, 1.54) is 5.69 Å². The Hall–Kier alpha value is -4.19. The predicted octanol–water partition coefficient (Wildman–Crippen LogP) is 3.91. The van der Waals surface area contributed by atoms with Crippen LogP contribution < -0.4 is 10.2 Å². The third-order valence-corrected chi connectivity index (χ3v) is 7.27. The summed E-state index contributed by atoms with van der Waals surface area (Å²) in [7, 11) is 0. The van der Waals surface area contributed by atoms with E-state index < -0.39 is 5.60 Å². The number of nitrogens with zero attached hydrogens (tertiary/aromatic N) is 8. The SMILES string of the molecule is CC(C)(C)OC(=O)N1CCC(Cn2cc(Nc3ncc4cnn(Cc5cccc(N6CCOCC6)c5)c4n3)cn2)C1. The van der Waals surface area contributed by atoms with E-state index in [0.29, 0.717) is 31.5 Å². The Kier molecular flexibility index (Phi) is 7.48. The van der Waals surface area contributed by atoms with Crippen molar-refractivity contribution in [3.63, 3.8) is 0 Å². The van der Waals surface area contributed by atoms with E-state index in [9.17, 15) is 4.79 Å². The van der Waals surface area contributed by atoms with Gasteiger partial charge in [-0.25, -0.2) is 14.5 Å². The normalized spacial score (nSPS) is 17.8. The van der Waals surface area contributed by atoms with Crippen LogP contribution in [0, 0.1) is 5.92 Å². The molecule has 2 aliphatic heterocycles. The molecule has 1 atom stereocenters. The number of amides is 1. The van der Waals surface area contributed by atoms with Crippen LogP contribution in [0.5, 0.6) is 0 Å². The Morgan fingerprint density at radius 2 is 1.98 bits per heavy atom. The van der Waals surface area contributed by atoms with Crippen LogP contribution in [0.2, 0.25) is 0 Å². The van der Waals surface area contributed by atoms with Crippen molar-refractivity contribution in [3.8, 4) is 0 Å². The average molecular weight is 560 g/mol. The number of nitrogens with one attached hydrogen (secondary N) is 1. The number of aromatic nitrogens is 6. The van der Waals surface area contributed by atoms with Crippen LogP contribution in [-0.4, -0.2) is 85.5 Å². The molecule has 12 nitrogen and oxygen atoms in total. The van der Waals surface area contributed by atoms with Gasteiger partial charge in [0.05, 0.1) is 43.2 Å². The maximum atomic E-state index is 12.4. The van der Waals surface area contributed by atoms with Gasteiger partial charge in [0.15, 0.2) is 5.65 Å². The smallest absolute Gasteiger partial charge is 0.410 e. The van der Waals surface area contributed by atoms with Gasteiger partial charge in [0, 0.05) is 50.8 Å².